The Labute approximate surface area is 178 Å². The van der Waals surface area contributed by atoms with E-state index >= 15 is 0 Å². The van der Waals surface area contributed by atoms with Gasteiger partial charge in [-0.1, -0.05) is 12.1 Å². The molecule has 0 bridgehead atoms. The molecular weight excluding hydrogens is 405 g/mol. The molecule has 1 aromatic heterocycles. The monoisotopic (exact) mass is 429 g/mol. The number of hydrogen-bond donors (Lipinski definition) is 2. The van der Waals surface area contributed by atoms with Crippen molar-refractivity contribution in [3.8, 4) is 0 Å². The van der Waals surface area contributed by atoms with Gasteiger partial charge in [0, 0.05) is 25.2 Å². The van der Waals surface area contributed by atoms with E-state index in [0.717, 1.165) is 0 Å². The smallest absolute Gasteiger partial charge is 0.263 e. The van der Waals surface area contributed by atoms with Crippen molar-refractivity contribution in [1.29, 1.82) is 0 Å². The largest absolute Gasteiger partial charge is 0.351 e. The average molecular weight is 430 g/mol. The lowest BCUT2D eigenvalue weighted by Gasteiger charge is -2.35. The average Bonchev–Trinajstić information content (AvgIpc) is 3.31. The van der Waals surface area contributed by atoms with Crippen molar-refractivity contribution in [3.63, 3.8) is 0 Å². The van der Waals surface area contributed by atoms with Crippen LogP contribution in [-0.4, -0.2) is 48.3 Å². The number of nitrogens with zero attached hydrogens (tertiary/aromatic N) is 1. The van der Waals surface area contributed by atoms with Crippen molar-refractivity contribution >= 4 is 29.1 Å². The highest BCUT2D eigenvalue weighted by Crippen LogP contribution is 2.24. The van der Waals surface area contributed by atoms with E-state index < -0.39 is 17.8 Å². The van der Waals surface area contributed by atoms with Gasteiger partial charge in [0.2, 0.25) is 5.91 Å². The minimum Gasteiger partial charge on any atom is -0.351 e. The summed E-state index contributed by atoms with van der Waals surface area (Å²) in [6.45, 7) is 4.91. The number of carbonyl (C=O) groups excluding carboxylic acids is 3. The molecule has 1 aromatic carbocycles. The van der Waals surface area contributed by atoms with Crippen LogP contribution in [0.5, 0.6) is 0 Å². The van der Waals surface area contributed by atoms with E-state index in [-0.39, 0.29) is 29.8 Å². The van der Waals surface area contributed by atoms with E-state index in [4.69, 9.17) is 0 Å². The second-order valence-corrected chi connectivity index (χ2v) is 8.05. The van der Waals surface area contributed by atoms with E-state index in [1.807, 2.05) is 11.4 Å². The highest BCUT2D eigenvalue weighted by molar-refractivity contribution is 7.12. The van der Waals surface area contributed by atoms with Gasteiger partial charge in [-0.25, -0.2) is 4.39 Å². The lowest BCUT2D eigenvalue weighted by Crippen LogP contribution is -2.53. The standard InChI is InChI=1S/C22H24FN3O3S/c1-2-11-24-21(28)19(25-20(27)16-5-7-17(23)8-6-16)15-9-12-26(13-10-15)22(29)18-4-3-14-30-18/h2-8,14-15,19H,1,9-13H2,(H,24,28)(H,25,27). The molecule has 0 radical (unpaired) electrons. The van der Waals surface area contributed by atoms with Gasteiger partial charge >= 0.3 is 0 Å². The molecule has 2 aromatic rings. The molecule has 0 saturated carbocycles. The normalized spacial score (nSPS) is 15.3. The number of rotatable bonds is 7. The van der Waals surface area contributed by atoms with Crippen molar-refractivity contribution in [3.05, 3.63) is 70.7 Å². The van der Waals surface area contributed by atoms with Gasteiger partial charge in [0.1, 0.15) is 11.9 Å². The zero-order valence-electron chi connectivity index (χ0n) is 16.5. The second-order valence-electron chi connectivity index (χ2n) is 7.10. The van der Waals surface area contributed by atoms with Crippen LogP contribution in [0.4, 0.5) is 4.39 Å². The topological polar surface area (TPSA) is 78.5 Å². The summed E-state index contributed by atoms with van der Waals surface area (Å²) in [6, 6.07) is 8.06. The van der Waals surface area contributed by atoms with E-state index in [1.165, 1.54) is 35.6 Å². The summed E-state index contributed by atoms with van der Waals surface area (Å²) in [6.07, 6.45) is 2.75. The maximum absolute atomic E-state index is 13.1. The highest BCUT2D eigenvalue weighted by Gasteiger charge is 2.34. The summed E-state index contributed by atoms with van der Waals surface area (Å²) in [4.78, 5) is 40.4. The van der Waals surface area contributed by atoms with Crippen molar-refractivity contribution in [2.75, 3.05) is 19.6 Å². The third-order valence-corrected chi connectivity index (χ3v) is 5.98. The van der Waals surface area contributed by atoms with E-state index in [2.05, 4.69) is 17.2 Å². The fourth-order valence-electron chi connectivity index (χ4n) is 3.50. The Hall–Kier alpha value is -3.00. The Morgan fingerprint density at radius 1 is 1.20 bits per heavy atom. The molecule has 2 N–H and O–H groups in total. The van der Waals surface area contributed by atoms with Crippen molar-refractivity contribution in [2.45, 2.75) is 18.9 Å². The van der Waals surface area contributed by atoms with Crippen LogP contribution in [0.3, 0.4) is 0 Å². The lowest BCUT2D eigenvalue weighted by molar-refractivity contribution is -0.124. The molecule has 1 aliphatic heterocycles. The predicted octanol–water partition coefficient (Wildman–Crippen LogP) is 2.84. The van der Waals surface area contributed by atoms with Gasteiger partial charge < -0.3 is 15.5 Å². The molecule has 1 fully saturated rings. The maximum atomic E-state index is 13.1. The third kappa shape index (κ3) is 5.33. The fourth-order valence-corrected chi connectivity index (χ4v) is 4.19. The molecule has 2 heterocycles. The summed E-state index contributed by atoms with van der Waals surface area (Å²) in [5.74, 6) is -1.30. The van der Waals surface area contributed by atoms with Gasteiger partial charge in [-0.05, 0) is 54.5 Å². The number of hydrogen-bond acceptors (Lipinski definition) is 4. The van der Waals surface area contributed by atoms with Crippen LogP contribution >= 0.6 is 11.3 Å². The van der Waals surface area contributed by atoms with E-state index in [0.29, 0.717) is 30.8 Å². The number of likely N-dealkylation sites (tertiary alicyclic amines) is 1. The fraction of sp³-hybridized carbons (Fsp3) is 0.318. The first-order valence-corrected chi connectivity index (χ1v) is 10.7. The molecule has 1 saturated heterocycles. The zero-order chi connectivity index (χ0) is 21.5. The summed E-state index contributed by atoms with van der Waals surface area (Å²) in [5, 5.41) is 7.40. The van der Waals surface area contributed by atoms with Crippen LogP contribution in [0.2, 0.25) is 0 Å². The predicted molar refractivity (Wildman–Crippen MR) is 114 cm³/mol. The number of benzene rings is 1. The molecule has 158 valence electrons. The molecular formula is C22H24FN3O3S. The molecule has 6 nitrogen and oxygen atoms in total. The Morgan fingerprint density at radius 2 is 1.90 bits per heavy atom. The molecule has 8 heteroatoms. The number of thiophene rings is 1. The molecule has 1 atom stereocenters. The summed E-state index contributed by atoms with van der Waals surface area (Å²) in [5.41, 5.74) is 0.281. The number of piperidine rings is 1. The molecule has 1 unspecified atom stereocenters. The quantitative estimate of drug-likeness (QED) is 0.665. The van der Waals surface area contributed by atoms with Crippen LogP contribution in [0.15, 0.2) is 54.4 Å². The number of nitrogens with one attached hydrogen (secondary N) is 2. The molecule has 0 aliphatic carbocycles. The first kappa shape index (κ1) is 21.7. The van der Waals surface area contributed by atoms with Crippen molar-refractivity contribution in [2.24, 2.45) is 5.92 Å². The van der Waals surface area contributed by atoms with Gasteiger partial charge in [0.05, 0.1) is 4.88 Å². The first-order valence-electron chi connectivity index (χ1n) is 9.77. The Kier molecular flexibility index (Phi) is 7.35. The van der Waals surface area contributed by atoms with Gasteiger partial charge in [-0.15, -0.1) is 17.9 Å². The highest BCUT2D eigenvalue weighted by atomic mass is 32.1. The zero-order valence-corrected chi connectivity index (χ0v) is 17.3. The van der Waals surface area contributed by atoms with Crippen LogP contribution in [0, 0.1) is 11.7 Å². The molecule has 30 heavy (non-hydrogen) atoms. The SMILES string of the molecule is C=CCNC(=O)C(NC(=O)c1ccc(F)cc1)C1CCN(C(=O)c2cccs2)CC1. The summed E-state index contributed by atoms with van der Waals surface area (Å²) >= 11 is 1.40. The van der Waals surface area contributed by atoms with Crippen molar-refractivity contribution in [1.82, 2.24) is 15.5 Å². The Bertz CT molecular complexity index is 891. The van der Waals surface area contributed by atoms with Crippen LogP contribution < -0.4 is 10.6 Å². The van der Waals surface area contributed by atoms with Crippen LogP contribution in [-0.2, 0) is 4.79 Å². The Morgan fingerprint density at radius 3 is 2.50 bits per heavy atom. The van der Waals surface area contributed by atoms with E-state index in [1.54, 1.807) is 17.0 Å². The lowest BCUT2D eigenvalue weighted by atomic mass is 9.88. The minimum absolute atomic E-state index is 0.00791. The Balaban J connectivity index is 1.67. The van der Waals surface area contributed by atoms with Gasteiger partial charge in [-0.2, -0.15) is 0 Å². The number of amides is 3. The molecule has 1 aliphatic rings. The summed E-state index contributed by atoms with van der Waals surface area (Å²) in [7, 11) is 0. The maximum Gasteiger partial charge on any atom is 0.263 e. The minimum atomic E-state index is -0.749. The van der Waals surface area contributed by atoms with E-state index in [9.17, 15) is 18.8 Å². The second kappa shape index (κ2) is 10.2. The number of halogens is 1. The molecule has 0 spiro atoms. The molecule has 3 amide bonds. The third-order valence-electron chi connectivity index (χ3n) is 5.13. The van der Waals surface area contributed by atoms with Gasteiger partial charge in [0.15, 0.2) is 0 Å². The van der Waals surface area contributed by atoms with Gasteiger partial charge in [0.25, 0.3) is 11.8 Å². The van der Waals surface area contributed by atoms with Crippen LogP contribution in [0.25, 0.3) is 0 Å². The summed E-state index contributed by atoms with van der Waals surface area (Å²) < 4.78 is 13.1. The van der Waals surface area contributed by atoms with Crippen LogP contribution in [0.1, 0.15) is 32.9 Å². The van der Waals surface area contributed by atoms with Crippen molar-refractivity contribution < 1.29 is 18.8 Å². The number of carbonyl (C=O) groups is 3. The first-order chi connectivity index (χ1) is 14.5. The van der Waals surface area contributed by atoms with Gasteiger partial charge in [-0.3, -0.25) is 14.4 Å². The molecule has 3 rings (SSSR count).